The molecule has 0 spiro atoms. The molecule has 7 nitrogen and oxygen atoms in total. The van der Waals surface area contributed by atoms with E-state index < -0.39 is 48.3 Å². The Kier molecular flexibility index (Phi) is 10.4. The number of esters is 1. The van der Waals surface area contributed by atoms with Crippen LogP contribution in [0.1, 0.15) is 62.0 Å². The molecule has 50 heavy (non-hydrogen) atoms. The summed E-state index contributed by atoms with van der Waals surface area (Å²) < 4.78 is 68.4. The molecule has 4 atom stereocenters. The molecular formula is C40H45FO7SSi. The predicted molar refractivity (Wildman–Crippen MR) is 194 cm³/mol. The van der Waals surface area contributed by atoms with E-state index in [-0.39, 0.29) is 46.8 Å². The van der Waals surface area contributed by atoms with Crippen molar-refractivity contribution in [3.05, 3.63) is 120 Å². The van der Waals surface area contributed by atoms with Crippen molar-refractivity contribution in [1.29, 1.82) is 0 Å². The monoisotopic (exact) mass is 716 g/mol. The minimum absolute atomic E-state index is 0.0109. The molecule has 0 saturated heterocycles. The average molecular weight is 717 g/mol. The first-order valence-electron chi connectivity index (χ1n) is 17.3. The van der Waals surface area contributed by atoms with Gasteiger partial charge < -0.3 is 13.9 Å². The Balaban J connectivity index is 1.40. The zero-order valence-electron chi connectivity index (χ0n) is 29.2. The SMILES string of the molecule is CCOC(=O)c1ccc2c(c1F)O[C@H]1C[C@@H](OS(=O)(=O)c3ccc(C)cc3)[C@H](CO[Si](c3ccccc3)(c3ccccc3)C(C)(C)C)[C@H]1CC2. The van der Waals surface area contributed by atoms with E-state index in [2.05, 4.69) is 45.0 Å². The second-order valence-electron chi connectivity index (χ2n) is 14.3. The van der Waals surface area contributed by atoms with Gasteiger partial charge in [-0.2, -0.15) is 8.42 Å². The second kappa shape index (κ2) is 14.4. The van der Waals surface area contributed by atoms with Crippen LogP contribution in [0.25, 0.3) is 0 Å². The number of carbonyl (C=O) groups excluding carboxylic acids is 1. The van der Waals surface area contributed by atoms with E-state index >= 15 is 4.39 Å². The minimum atomic E-state index is -4.16. The molecule has 1 aliphatic heterocycles. The fourth-order valence-corrected chi connectivity index (χ4v) is 13.4. The topological polar surface area (TPSA) is 88.1 Å². The molecule has 0 amide bonds. The summed E-state index contributed by atoms with van der Waals surface area (Å²) >= 11 is 0. The highest BCUT2D eigenvalue weighted by Crippen LogP contribution is 2.46. The lowest BCUT2D eigenvalue weighted by molar-refractivity contribution is 0.0518. The first-order chi connectivity index (χ1) is 23.9. The van der Waals surface area contributed by atoms with Crippen LogP contribution in [0.15, 0.2) is 102 Å². The molecule has 0 bridgehead atoms. The molecule has 1 fully saturated rings. The quantitative estimate of drug-likeness (QED) is 0.0994. The van der Waals surface area contributed by atoms with Crippen molar-refractivity contribution in [3.8, 4) is 5.75 Å². The molecule has 4 aromatic carbocycles. The van der Waals surface area contributed by atoms with Gasteiger partial charge in [0.15, 0.2) is 11.6 Å². The second-order valence-corrected chi connectivity index (χ2v) is 20.1. The van der Waals surface area contributed by atoms with Crippen molar-refractivity contribution in [2.75, 3.05) is 13.2 Å². The Labute approximate surface area is 296 Å². The van der Waals surface area contributed by atoms with Crippen LogP contribution < -0.4 is 15.1 Å². The molecule has 6 rings (SSSR count). The van der Waals surface area contributed by atoms with Crippen LogP contribution in [0.2, 0.25) is 5.04 Å². The number of halogens is 1. The normalized spacial score (nSPS) is 20.7. The van der Waals surface area contributed by atoms with Gasteiger partial charge >= 0.3 is 5.97 Å². The van der Waals surface area contributed by atoms with Crippen molar-refractivity contribution in [3.63, 3.8) is 0 Å². The van der Waals surface area contributed by atoms with Gasteiger partial charge in [0, 0.05) is 24.9 Å². The number of benzene rings is 4. The van der Waals surface area contributed by atoms with Crippen LogP contribution in [0, 0.1) is 24.6 Å². The zero-order valence-corrected chi connectivity index (χ0v) is 31.0. The lowest BCUT2D eigenvalue weighted by Crippen LogP contribution is -2.67. The molecule has 1 aliphatic carbocycles. The number of fused-ring (bicyclic) bond motifs is 2. The average Bonchev–Trinajstić information content (AvgIpc) is 3.28. The molecule has 0 aromatic heterocycles. The maximum atomic E-state index is 15.9. The molecule has 4 aromatic rings. The van der Waals surface area contributed by atoms with E-state index in [1.54, 1.807) is 37.3 Å². The Bertz CT molecular complexity index is 1870. The summed E-state index contributed by atoms with van der Waals surface area (Å²) in [7, 11) is -7.16. The summed E-state index contributed by atoms with van der Waals surface area (Å²) in [5.41, 5.74) is 1.39. The highest BCUT2D eigenvalue weighted by molar-refractivity contribution is 7.86. The summed E-state index contributed by atoms with van der Waals surface area (Å²) in [6, 6.07) is 30.3. The van der Waals surface area contributed by atoms with Gasteiger partial charge in [-0.1, -0.05) is 105 Å². The maximum absolute atomic E-state index is 15.9. The molecular weight excluding hydrogens is 672 g/mol. The number of hydrogen-bond donors (Lipinski definition) is 0. The molecule has 0 N–H and O–H groups in total. The van der Waals surface area contributed by atoms with Gasteiger partial charge in [0.2, 0.25) is 0 Å². The van der Waals surface area contributed by atoms with Gasteiger partial charge in [-0.25, -0.2) is 9.18 Å². The van der Waals surface area contributed by atoms with Crippen LogP contribution in [0.3, 0.4) is 0 Å². The van der Waals surface area contributed by atoms with Gasteiger partial charge in [-0.05, 0) is 65.9 Å². The standard InChI is InChI=1S/C40H45FO7SSi/c1-6-45-39(42)33-24-20-28-19-23-32-34(26-46-50(40(3,4)5,30-13-9-7-10-14-30)31-15-11-8-12-16-31)36(25-35(32)47-38(28)37(33)41)48-49(43,44)29-21-17-27(2)18-22-29/h7-18,20-22,24,32,34-36H,6,19,23,25-26H2,1-5H3/t32-,34-,35+,36-/m1/s1. The highest BCUT2D eigenvalue weighted by atomic mass is 32.2. The van der Waals surface area contributed by atoms with E-state index in [1.165, 1.54) is 6.07 Å². The highest BCUT2D eigenvalue weighted by Gasteiger charge is 2.54. The van der Waals surface area contributed by atoms with Crippen molar-refractivity contribution in [2.24, 2.45) is 11.8 Å². The molecule has 2 aliphatic rings. The van der Waals surface area contributed by atoms with Crippen LogP contribution in [-0.4, -0.2) is 48.1 Å². The first-order valence-corrected chi connectivity index (χ1v) is 20.6. The summed E-state index contributed by atoms with van der Waals surface area (Å²) in [6.45, 7) is 10.5. The van der Waals surface area contributed by atoms with Crippen LogP contribution in [0.5, 0.6) is 5.75 Å². The number of hydrogen-bond acceptors (Lipinski definition) is 7. The van der Waals surface area contributed by atoms with Crippen LogP contribution in [0.4, 0.5) is 4.39 Å². The van der Waals surface area contributed by atoms with Gasteiger partial charge in [-0.15, -0.1) is 0 Å². The van der Waals surface area contributed by atoms with E-state index in [0.29, 0.717) is 18.4 Å². The molecule has 1 heterocycles. The lowest BCUT2D eigenvalue weighted by Gasteiger charge is -2.44. The van der Waals surface area contributed by atoms with Crippen molar-refractivity contribution < 1.29 is 35.7 Å². The predicted octanol–water partition coefficient (Wildman–Crippen LogP) is 6.99. The molecule has 10 heteroatoms. The molecule has 1 saturated carbocycles. The van der Waals surface area contributed by atoms with Crippen LogP contribution in [-0.2, 0) is 29.9 Å². The number of ether oxygens (including phenoxy) is 2. The van der Waals surface area contributed by atoms with Crippen molar-refractivity contribution in [1.82, 2.24) is 0 Å². The summed E-state index contributed by atoms with van der Waals surface area (Å²) in [6.07, 6.45) is -0.104. The summed E-state index contributed by atoms with van der Waals surface area (Å²) in [5.74, 6) is -2.13. The Morgan fingerprint density at radius 2 is 1.54 bits per heavy atom. The van der Waals surface area contributed by atoms with Gasteiger partial charge in [0.05, 0.1) is 23.2 Å². The van der Waals surface area contributed by atoms with Gasteiger partial charge in [-0.3, -0.25) is 4.18 Å². The Morgan fingerprint density at radius 3 is 2.12 bits per heavy atom. The van der Waals surface area contributed by atoms with E-state index in [0.717, 1.165) is 15.9 Å². The van der Waals surface area contributed by atoms with E-state index in [9.17, 15) is 13.2 Å². The Morgan fingerprint density at radius 1 is 0.920 bits per heavy atom. The molecule has 0 unspecified atom stereocenters. The summed E-state index contributed by atoms with van der Waals surface area (Å²) in [4.78, 5) is 12.6. The maximum Gasteiger partial charge on any atom is 0.341 e. The van der Waals surface area contributed by atoms with E-state index in [1.807, 2.05) is 43.3 Å². The third kappa shape index (κ3) is 6.91. The van der Waals surface area contributed by atoms with Crippen molar-refractivity contribution >= 4 is 34.8 Å². The van der Waals surface area contributed by atoms with Gasteiger partial charge in [0.25, 0.3) is 18.4 Å². The fraction of sp³-hybridized carbons (Fsp3) is 0.375. The zero-order chi connectivity index (χ0) is 35.7. The lowest BCUT2D eigenvalue weighted by atomic mass is 9.89. The fourth-order valence-electron chi connectivity index (χ4n) is 7.67. The molecule has 264 valence electrons. The Hall–Kier alpha value is -3.83. The van der Waals surface area contributed by atoms with Crippen LogP contribution >= 0.6 is 0 Å². The number of carbonyl (C=O) groups is 1. The number of aryl methyl sites for hydroxylation is 2. The first kappa shape index (κ1) is 36.0. The van der Waals surface area contributed by atoms with E-state index in [4.69, 9.17) is 18.1 Å². The van der Waals surface area contributed by atoms with Crippen molar-refractivity contribution in [2.45, 2.75) is 76.0 Å². The summed E-state index contributed by atoms with van der Waals surface area (Å²) in [5, 5.41) is 1.91. The largest absolute Gasteiger partial charge is 0.487 e. The molecule has 0 radical (unpaired) electrons. The third-order valence-corrected chi connectivity index (χ3v) is 16.5. The minimum Gasteiger partial charge on any atom is -0.487 e. The third-order valence-electron chi connectivity index (χ3n) is 10.1. The number of rotatable bonds is 10. The smallest absolute Gasteiger partial charge is 0.341 e. The van der Waals surface area contributed by atoms with Gasteiger partial charge in [0.1, 0.15) is 6.10 Å².